The van der Waals surface area contributed by atoms with Crippen molar-refractivity contribution in [2.45, 2.75) is 90.2 Å². The fraction of sp³-hybridized carbons (Fsp3) is 0.636. The van der Waals surface area contributed by atoms with Gasteiger partial charge in [0.25, 0.3) is 5.91 Å². The number of Topliss-reactive ketones (excluding diaryl/α,β-unsaturated/α-hetero) is 1. The molecule has 0 heterocycles. The van der Waals surface area contributed by atoms with Gasteiger partial charge in [-0.05, 0) is 99.2 Å². The molecule has 45 heavy (non-hydrogen) atoms. The molecule has 1 amide bonds. The van der Waals surface area contributed by atoms with Crippen molar-refractivity contribution in [2.75, 3.05) is 13.7 Å². The van der Waals surface area contributed by atoms with Crippen LogP contribution in [0.5, 0.6) is 5.75 Å². The summed E-state index contributed by atoms with van der Waals surface area (Å²) in [5, 5.41) is 39.0. The van der Waals surface area contributed by atoms with Crippen LogP contribution in [0.1, 0.15) is 77.7 Å². The third-order valence-electron chi connectivity index (χ3n) is 11.6. The summed E-state index contributed by atoms with van der Waals surface area (Å²) in [4.78, 5) is 53.3. The van der Waals surface area contributed by atoms with Crippen molar-refractivity contribution >= 4 is 29.1 Å². The molecule has 5 rings (SSSR count). The number of oxime groups is 1. The number of aromatic hydroxyl groups is 1. The van der Waals surface area contributed by atoms with Crippen LogP contribution >= 0.6 is 0 Å². The average molecular weight is 626 g/mol. The molecule has 0 bridgehead atoms. The maximum absolute atomic E-state index is 12.7. The molecule has 7 unspecified atom stereocenters. The predicted molar refractivity (Wildman–Crippen MR) is 163 cm³/mol. The van der Waals surface area contributed by atoms with Gasteiger partial charge in [0.1, 0.15) is 11.6 Å². The lowest BCUT2D eigenvalue weighted by Crippen LogP contribution is -2.57. The summed E-state index contributed by atoms with van der Waals surface area (Å²) >= 11 is 0. The summed E-state index contributed by atoms with van der Waals surface area (Å²) in [6, 6.07) is 2.60. The molecule has 0 aliphatic heterocycles. The highest BCUT2D eigenvalue weighted by molar-refractivity contribution is 5.96. The highest BCUT2D eigenvalue weighted by Crippen LogP contribution is 2.67. The second-order valence-corrected chi connectivity index (χ2v) is 13.7. The van der Waals surface area contributed by atoms with Crippen molar-refractivity contribution in [3.8, 4) is 5.75 Å². The smallest absolute Gasteiger partial charge is 0.328 e. The van der Waals surface area contributed by atoms with Gasteiger partial charge in [0, 0.05) is 17.9 Å². The third kappa shape index (κ3) is 5.73. The Balaban J connectivity index is 1.20. The van der Waals surface area contributed by atoms with Gasteiger partial charge in [-0.15, -0.1) is 0 Å². The zero-order chi connectivity index (χ0) is 32.7. The van der Waals surface area contributed by atoms with E-state index in [1.807, 2.05) is 0 Å². The number of phenols is 1. The molecular formula is C33H43N3O9. The number of amides is 1. The average Bonchev–Trinajstić information content (AvgIpc) is 3.28. The van der Waals surface area contributed by atoms with Crippen molar-refractivity contribution in [2.24, 2.45) is 33.7 Å². The van der Waals surface area contributed by atoms with E-state index < -0.39 is 46.5 Å². The maximum atomic E-state index is 12.7. The fourth-order valence-corrected chi connectivity index (χ4v) is 9.06. The number of methoxy groups -OCH3 is 1. The number of hydrogen-bond acceptors (Lipinski definition) is 10. The molecule has 3 N–H and O–H groups in total. The van der Waals surface area contributed by atoms with E-state index in [4.69, 9.17) is 9.57 Å². The number of ketones is 1. The first-order valence-corrected chi connectivity index (χ1v) is 15.7. The van der Waals surface area contributed by atoms with Crippen LogP contribution in [0, 0.1) is 38.7 Å². The predicted octanol–water partition coefficient (Wildman–Crippen LogP) is 4.16. The molecular weight excluding hydrogens is 582 g/mol. The molecule has 3 fully saturated rings. The van der Waals surface area contributed by atoms with Gasteiger partial charge in [-0.1, -0.05) is 30.6 Å². The highest BCUT2D eigenvalue weighted by Gasteiger charge is 2.65. The van der Waals surface area contributed by atoms with Gasteiger partial charge in [0.2, 0.25) is 0 Å². The quantitative estimate of drug-likeness (QED) is 0.207. The van der Waals surface area contributed by atoms with E-state index in [0.29, 0.717) is 36.2 Å². The zero-order valence-corrected chi connectivity index (χ0v) is 26.3. The monoisotopic (exact) mass is 625 g/mol. The van der Waals surface area contributed by atoms with Crippen molar-refractivity contribution in [1.82, 2.24) is 5.32 Å². The number of carbonyl (C=O) groups is 3. The Hall–Kier alpha value is -3.80. The van der Waals surface area contributed by atoms with Crippen LogP contribution in [-0.4, -0.2) is 63.9 Å². The minimum absolute atomic E-state index is 0.00854. The number of benzene rings is 1. The van der Waals surface area contributed by atoms with Crippen molar-refractivity contribution in [3.63, 3.8) is 0 Å². The molecule has 0 radical (unpaired) electrons. The molecule has 7 atom stereocenters. The summed E-state index contributed by atoms with van der Waals surface area (Å²) < 4.78 is 4.79. The minimum atomic E-state index is -1.22. The Kier molecular flexibility index (Phi) is 8.82. The summed E-state index contributed by atoms with van der Waals surface area (Å²) in [6.07, 6.45) is 8.78. The Labute approximate surface area is 262 Å². The number of fused-ring (bicyclic) bond motifs is 5. The largest absolute Gasteiger partial charge is 0.502 e. The molecule has 12 heteroatoms. The standard InChI is InChI=1S/C33H43N3O9/c1-19(37)33(41)14-11-25-23-7-6-21-17-22(9-12-31(21,2)24(23)10-13-32(25,33)3)35-45-18-29(39)34-26(30(40)44-4)15-20-5-8-28(38)27(16-20)36(42)43/h5,8,16-17,23-26,38,41H,6-7,9-15,18H2,1-4H3,(H,34,39). The lowest BCUT2D eigenvalue weighted by Gasteiger charge is -2.59. The van der Waals surface area contributed by atoms with E-state index in [1.54, 1.807) is 0 Å². The van der Waals surface area contributed by atoms with E-state index in [9.17, 15) is 34.7 Å². The second-order valence-electron chi connectivity index (χ2n) is 13.7. The molecule has 244 valence electrons. The number of aliphatic hydroxyl groups is 1. The summed E-state index contributed by atoms with van der Waals surface area (Å²) in [5.41, 5.74) is 0.345. The fourth-order valence-electron chi connectivity index (χ4n) is 9.06. The molecule has 1 aromatic rings. The second kappa shape index (κ2) is 12.2. The maximum Gasteiger partial charge on any atom is 0.328 e. The molecule has 0 spiro atoms. The van der Waals surface area contributed by atoms with E-state index in [0.717, 1.165) is 56.4 Å². The Bertz CT molecular complexity index is 1460. The lowest BCUT2D eigenvalue weighted by molar-refractivity contribution is -0.385. The number of nitrogens with zero attached hydrogens (tertiary/aromatic N) is 2. The van der Waals surface area contributed by atoms with E-state index in [-0.39, 0.29) is 23.0 Å². The number of nitro benzene ring substituents is 1. The number of rotatable bonds is 9. The van der Waals surface area contributed by atoms with Gasteiger partial charge in [0.05, 0.1) is 17.7 Å². The Morgan fingerprint density at radius 1 is 1.13 bits per heavy atom. The van der Waals surface area contributed by atoms with Gasteiger partial charge in [-0.3, -0.25) is 19.7 Å². The molecule has 1 aromatic carbocycles. The van der Waals surface area contributed by atoms with Crippen LogP contribution < -0.4 is 5.32 Å². The van der Waals surface area contributed by atoms with Crippen molar-refractivity contribution < 1.29 is 39.1 Å². The zero-order valence-electron chi connectivity index (χ0n) is 26.3. The molecule has 0 saturated heterocycles. The minimum Gasteiger partial charge on any atom is -0.502 e. The van der Waals surface area contributed by atoms with Crippen LogP contribution in [0.2, 0.25) is 0 Å². The number of hydrogen-bond donors (Lipinski definition) is 3. The SMILES string of the molecule is COC(=O)C(Cc1ccc(O)c([N+](=O)[O-])c1)NC(=O)CON=C1C=C2CCC3C(CCC4(C)C3CCC4(O)C(C)=O)C2(C)CC1. The van der Waals surface area contributed by atoms with Crippen LogP contribution in [0.4, 0.5) is 5.69 Å². The molecule has 4 aliphatic carbocycles. The first kappa shape index (κ1) is 32.6. The Morgan fingerprint density at radius 2 is 1.87 bits per heavy atom. The normalized spacial score (nSPS) is 33.6. The van der Waals surface area contributed by atoms with Crippen LogP contribution in [0.25, 0.3) is 0 Å². The van der Waals surface area contributed by atoms with E-state index >= 15 is 0 Å². The highest BCUT2D eigenvalue weighted by atomic mass is 16.6. The molecule has 4 aliphatic rings. The molecule has 12 nitrogen and oxygen atoms in total. The van der Waals surface area contributed by atoms with Crippen LogP contribution in [0.15, 0.2) is 35.0 Å². The van der Waals surface area contributed by atoms with Crippen LogP contribution in [0.3, 0.4) is 0 Å². The summed E-state index contributed by atoms with van der Waals surface area (Å²) in [5.74, 6) is -0.674. The number of allylic oxidation sites excluding steroid dienone is 2. The van der Waals surface area contributed by atoms with Gasteiger partial charge >= 0.3 is 11.7 Å². The van der Waals surface area contributed by atoms with Gasteiger partial charge < -0.3 is 25.1 Å². The first-order valence-electron chi connectivity index (χ1n) is 15.7. The number of nitrogens with one attached hydrogen (secondary N) is 1. The van der Waals surface area contributed by atoms with E-state index in [2.05, 4.69) is 30.4 Å². The van der Waals surface area contributed by atoms with Crippen molar-refractivity contribution in [1.29, 1.82) is 0 Å². The summed E-state index contributed by atoms with van der Waals surface area (Å²) in [6.45, 7) is 5.56. The number of carbonyl (C=O) groups excluding carboxylic acids is 3. The lowest BCUT2D eigenvalue weighted by atomic mass is 9.46. The van der Waals surface area contributed by atoms with Crippen LogP contribution in [-0.2, 0) is 30.4 Å². The van der Waals surface area contributed by atoms with Gasteiger partial charge in [-0.25, -0.2) is 4.79 Å². The Morgan fingerprint density at radius 3 is 2.56 bits per heavy atom. The van der Waals surface area contributed by atoms with E-state index in [1.165, 1.54) is 25.7 Å². The molecule has 0 aromatic heterocycles. The number of esters is 1. The molecule has 3 saturated carbocycles. The topological polar surface area (TPSA) is 178 Å². The first-order chi connectivity index (χ1) is 21.2. The number of ether oxygens (including phenoxy) is 1. The third-order valence-corrected chi connectivity index (χ3v) is 11.6. The number of phenolic OH excluding ortho intramolecular Hbond substituents is 1. The van der Waals surface area contributed by atoms with Gasteiger partial charge in [0.15, 0.2) is 18.1 Å². The van der Waals surface area contributed by atoms with Gasteiger partial charge in [-0.2, -0.15) is 0 Å². The number of nitro groups is 1. The summed E-state index contributed by atoms with van der Waals surface area (Å²) in [7, 11) is 1.17. The van der Waals surface area contributed by atoms with Crippen molar-refractivity contribution in [3.05, 3.63) is 45.5 Å².